The van der Waals surface area contributed by atoms with E-state index in [9.17, 15) is 0 Å². The molecule has 0 saturated carbocycles. The van der Waals surface area contributed by atoms with Crippen molar-refractivity contribution in [2.45, 2.75) is 19.5 Å². The van der Waals surface area contributed by atoms with Crippen LogP contribution in [0.15, 0.2) is 54.9 Å². The van der Waals surface area contributed by atoms with E-state index in [2.05, 4.69) is 31.5 Å². The summed E-state index contributed by atoms with van der Waals surface area (Å²) in [6.07, 6.45) is 3.89. The Morgan fingerprint density at radius 3 is 2.41 bits per heavy atom. The van der Waals surface area contributed by atoms with Gasteiger partial charge in [0.05, 0.1) is 16.8 Å². The van der Waals surface area contributed by atoms with Gasteiger partial charge in [0.15, 0.2) is 0 Å². The molecule has 7 heteroatoms. The molecular formula is C22H23Cl3N4. The van der Waals surface area contributed by atoms with Crippen molar-refractivity contribution in [3.05, 3.63) is 81.3 Å². The molecule has 0 unspecified atom stereocenters. The Kier molecular flexibility index (Phi) is 6.35. The molecule has 0 radical (unpaired) electrons. The quantitative estimate of drug-likeness (QED) is 0.498. The molecular weight excluding hydrogens is 427 g/mol. The molecule has 0 spiro atoms. The van der Waals surface area contributed by atoms with Crippen molar-refractivity contribution < 1.29 is 0 Å². The summed E-state index contributed by atoms with van der Waals surface area (Å²) in [5.74, 6) is 1.05. The number of aryl methyl sites for hydroxylation is 1. The topological polar surface area (TPSA) is 24.3 Å². The SMILES string of the molecule is Cc1nccn1CCN1CCN(c2ccc(Cl)cc2Cl)[C@H](c2ccc(Cl)cc2)C1. The molecule has 29 heavy (non-hydrogen) atoms. The number of rotatable bonds is 5. The lowest BCUT2D eigenvalue weighted by molar-refractivity contribution is 0.215. The van der Waals surface area contributed by atoms with Gasteiger partial charge in [-0.15, -0.1) is 0 Å². The Morgan fingerprint density at radius 2 is 1.72 bits per heavy atom. The van der Waals surface area contributed by atoms with Crippen molar-refractivity contribution in [1.29, 1.82) is 0 Å². The lowest BCUT2D eigenvalue weighted by Gasteiger charge is -2.43. The first-order valence-electron chi connectivity index (χ1n) is 9.68. The van der Waals surface area contributed by atoms with E-state index in [4.69, 9.17) is 34.8 Å². The van der Waals surface area contributed by atoms with Crippen LogP contribution in [-0.4, -0.2) is 40.6 Å². The molecule has 4 rings (SSSR count). The molecule has 2 aromatic carbocycles. The Labute approximate surface area is 186 Å². The minimum absolute atomic E-state index is 0.184. The van der Waals surface area contributed by atoms with E-state index in [0.29, 0.717) is 10.0 Å². The van der Waals surface area contributed by atoms with Gasteiger partial charge in [-0.25, -0.2) is 4.98 Å². The van der Waals surface area contributed by atoms with E-state index in [1.54, 1.807) is 0 Å². The number of imidazole rings is 1. The van der Waals surface area contributed by atoms with E-state index in [1.165, 1.54) is 5.56 Å². The second-order valence-electron chi connectivity index (χ2n) is 7.32. The molecule has 2 heterocycles. The van der Waals surface area contributed by atoms with Crippen LogP contribution in [0.5, 0.6) is 0 Å². The maximum atomic E-state index is 6.55. The highest BCUT2D eigenvalue weighted by molar-refractivity contribution is 6.36. The molecule has 152 valence electrons. The average molecular weight is 450 g/mol. The van der Waals surface area contributed by atoms with Crippen molar-refractivity contribution in [2.24, 2.45) is 0 Å². The number of hydrogen-bond donors (Lipinski definition) is 0. The van der Waals surface area contributed by atoms with Gasteiger partial charge in [0.2, 0.25) is 0 Å². The highest BCUT2D eigenvalue weighted by Gasteiger charge is 2.29. The van der Waals surface area contributed by atoms with E-state index in [-0.39, 0.29) is 6.04 Å². The maximum Gasteiger partial charge on any atom is 0.105 e. The lowest BCUT2D eigenvalue weighted by atomic mass is 10.0. The largest absolute Gasteiger partial charge is 0.361 e. The molecule has 0 bridgehead atoms. The standard InChI is InChI=1S/C22H23Cl3N4/c1-16-26-8-9-28(16)12-10-27-11-13-29(21-7-6-19(24)14-20(21)25)22(15-27)17-2-4-18(23)5-3-17/h2-9,14,22H,10-13,15H2,1H3/t22-/m0/s1. The number of aromatic nitrogens is 2. The number of halogens is 3. The van der Waals surface area contributed by atoms with Crippen molar-refractivity contribution >= 4 is 40.5 Å². The van der Waals surface area contributed by atoms with Gasteiger partial charge >= 0.3 is 0 Å². The van der Waals surface area contributed by atoms with E-state index in [0.717, 1.165) is 49.3 Å². The van der Waals surface area contributed by atoms with Gasteiger partial charge in [0.1, 0.15) is 5.82 Å². The second kappa shape index (κ2) is 8.97. The molecule has 1 fully saturated rings. The summed E-state index contributed by atoms with van der Waals surface area (Å²) in [7, 11) is 0. The first kappa shape index (κ1) is 20.5. The van der Waals surface area contributed by atoms with Gasteiger partial charge in [-0.05, 0) is 42.8 Å². The number of benzene rings is 2. The van der Waals surface area contributed by atoms with Crippen LogP contribution in [0, 0.1) is 6.92 Å². The normalized spacial score (nSPS) is 17.7. The van der Waals surface area contributed by atoms with Crippen LogP contribution in [0.1, 0.15) is 17.4 Å². The van der Waals surface area contributed by atoms with Crippen LogP contribution < -0.4 is 4.90 Å². The molecule has 3 aromatic rings. The molecule has 4 nitrogen and oxygen atoms in total. The third kappa shape index (κ3) is 4.72. The number of hydrogen-bond acceptors (Lipinski definition) is 3. The molecule has 1 aliphatic heterocycles. The number of anilines is 1. The van der Waals surface area contributed by atoms with Crippen LogP contribution in [0.4, 0.5) is 5.69 Å². The minimum atomic E-state index is 0.184. The van der Waals surface area contributed by atoms with Crippen molar-refractivity contribution in [3.63, 3.8) is 0 Å². The second-order valence-corrected chi connectivity index (χ2v) is 8.61. The summed E-state index contributed by atoms with van der Waals surface area (Å²) >= 11 is 18.8. The van der Waals surface area contributed by atoms with Crippen molar-refractivity contribution in [1.82, 2.24) is 14.5 Å². The summed E-state index contributed by atoms with van der Waals surface area (Å²) < 4.78 is 2.19. The van der Waals surface area contributed by atoms with E-state index < -0.39 is 0 Å². The zero-order chi connectivity index (χ0) is 20.4. The summed E-state index contributed by atoms with van der Waals surface area (Å²) in [4.78, 5) is 9.19. The third-order valence-electron chi connectivity index (χ3n) is 5.52. The van der Waals surface area contributed by atoms with E-state index in [1.807, 2.05) is 49.6 Å². The van der Waals surface area contributed by atoms with Crippen molar-refractivity contribution in [2.75, 3.05) is 31.1 Å². The van der Waals surface area contributed by atoms with Gasteiger partial charge in [-0.1, -0.05) is 46.9 Å². The Bertz CT molecular complexity index is 970. The number of nitrogens with zero attached hydrogens (tertiary/aromatic N) is 4. The molecule has 1 saturated heterocycles. The zero-order valence-corrected chi connectivity index (χ0v) is 18.5. The predicted octanol–water partition coefficient (Wildman–Crippen LogP) is 5.72. The first-order valence-corrected chi connectivity index (χ1v) is 10.8. The molecule has 0 aliphatic carbocycles. The van der Waals surface area contributed by atoms with Crippen LogP contribution in [0.25, 0.3) is 0 Å². The monoisotopic (exact) mass is 448 g/mol. The first-order chi connectivity index (χ1) is 14.0. The third-order valence-corrected chi connectivity index (χ3v) is 6.31. The smallest absolute Gasteiger partial charge is 0.105 e. The van der Waals surface area contributed by atoms with Gasteiger partial charge in [0.25, 0.3) is 0 Å². The number of piperazine rings is 1. The van der Waals surface area contributed by atoms with Gasteiger partial charge in [0, 0.05) is 55.2 Å². The van der Waals surface area contributed by atoms with E-state index >= 15 is 0 Å². The summed E-state index contributed by atoms with van der Waals surface area (Å²) in [6.45, 7) is 6.71. The molecule has 0 amide bonds. The Morgan fingerprint density at radius 1 is 0.966 bits per heavy atom. The van der Waals surface area contributed by atoms with Gasteiger partial charge < -0.3 is 9.47 Å². The summed E-state index contributed by atoms with van der Waals surface area (Å²) in [5.41, 5.74) is 2.24. The van der Waals surface area contributed by atoms with Crippen LogP contribution >= 0.6 is 34.8 Å². The average Bonchev–Trinajstić information content (AvgIpc) is 3.12. The fourth-order valence-electron chi connectivity index (χ4n) is 3.90. The summed E-state index contributed by atoms with van der Waals surface area (Å²) in [6, 6.07) is 14.0. The van der Waals surface area contributed by atoms with Gasteiger partial charge in [-0.3, -0.25) is 4.90 Å². The van der Waals surface area contributed by atoms with Crippen molar-refractivity contribution in [3.8, 4) is 0 Å². The lowest BCUT2D eigenvalue weighted by Crippen LogP contribution is -2.49. The fourth-order valence-corrected chi connectivity index (χ4v) is 4.55. The molecule has 0 N–H and O–H groups in total. The molecule has 1 aliphatic rings. The maximum absolute atomic E-state index is 6.55. The zero-order valence-electron chi connectivity index (χ0n) is 16.2. The highest BCUT2D eigenvalue weighted by atomic mass is 35.5. The fraction of sp³-hybridized carbons (Fsp3) is 0.318. The van der Waals surface area contributed by atoms with Crippen LogP contribution in [-0.2, 0) is 6.54 Å². The Hall–Kier alpha value is -1.72. The predicted molar refractivity (Wildman–Crippen MR) is 121 cm³/mol. The van der Waals surface area contributed by atoms with Crippen LogP contribution in [0.3, 0.4) is 0 Å². The Balaban J connectivity index is 1.57. The summed E-state index contributed by atoms with van der Waals surface area (Å²) in [5, 5.41) is 2.07. The highest BCUT2D eigenvalue weighted by Crippen LogP contribution is 2.36. The minimum Gasteiger partial charge on any atom is -0.361 e. The van der Waals surface area contributed by atoms with Gasteiger partial charge in [-0.2, -0.15) is 0 Å². The molecule has 1 aromatic heterocycles. The molecule has 1 atom stereocenters. The van der Waals surface area contributed by atoms with Crippen LogP contribution in [0.2, 0.25) is 15.1 Å².